The van der Waals surface area contributed by atoms with Crippen LogP contribution in [0, 0.1) is 6.92 Å². The van der Waals surface area contributed by atoms with Crippen LogP contribution in [-0.2, 0) is 6.42 Å². The van der Waals surface area contributed by atoms with Crippen LogP contribution in [0.2, 0.25) is 0 Å². The van der Waals surface area contributed by atoms with Crippen LogP contribution in [-0.4, -0.2) is 11.3 Å². The van der Waals surface area contributed by atoms with E-state index >= 15 is 0 Å². The second-order valence-corrected chi connectivity index (χ2v) is 5.47. The minimum atomic E-state index is -4.71. The summed E-state index contributed by atoms with van der Waals surface area (Å²) in [5.74, 6) is -0.282. The molecule has 0 saturated heterocycles. The van der Waals surface area contributed by atoms with Gasteiger partial charge >= 0.3 is 6.36 Å². The third-order valence-electron chi connectivity index (χ3n) is 3.76. The van der Waals surface area contributed by atoms with E-state index in [0.717, 1.165) is 16.8 Å². The topological polar surface area (TPSA) is 42.1 Å². The zero-order valence-electron chi connectivity index (χ0n) is 12.8. The van der Waals surface area contributed by atoms with Crippen LogP contribution in [0.3, 0.4) is 0 Å². The highest BCUT2D eigenvalue weighted by molar-refractivity contribution is 5.79. The van der Waals surface area contributed by atoms with E-state index in [0.29, 0.717) is 17.4 Å². The van der Waals surface area contributed by atoms with Gasteiger partial charge in [0.1, 0.15) is 5.75 Å². The Hall–Kier alpha value is -2.76. The molecule has 2 aromatic carbocycles. The second-order valence-electron chi connectivity index (χ2n) is 5.47. The highest BCUT2D eigenvalue weighted by Crippen LogP contribution is 2.23. The smallest absolute Gasteiger partial charge is 0.406 e. The van der Waals surface area contributed by atoms with Gasteiger partial charge in [-0.15, -0.1) is 13.2 Å². The minimum absolute atomic E-state index is 0.0718. The molecule has 0 bridgehead atoms. The van der Waals surface area contributed by atoms with Gasteiger partial charge in [-0.25, -0.2) is 0 Å². The van der Waals surface area contributed by atoms with Crippen molar-refractivity contribution in [1.82, 2.24) is 4.98 Å². The molecule has 0 spiro atoms. The number of rotatable bonds is 3. The van der Waals surface area contributed by atoms with Crippen LogP contribution < -0.4 is 10.2 Å². The first-order chi connectivity index (χ1) is 11.3. The van der Waals surface area contributed by atoms with Gasteiger partial charge in [-0.1, -0.05) is 24.3 Å². The van der Waals surface area contributed by atoms with Gasteiger partial charge in [-0.05, 0) is 36.8 Å². The molecule has 1 heterocycles. The lowest BCUT2D eigenvalue weighted by Gasteiger charge is -2.10. The number of fused-ring (bicyclic) bond motifs is 1. The van der Waals surface area contributed by atoms with Crippen LogP contribution in [0.25, 0.3) is 10.9 Å². The van der Waals surface area contributed by atoms with E-state index < -0.39 is 6.36 Å². The average Bonchev–Trinajstić information content (AvgIpc) is 2.51. The highest BCUT2D eigenvalue weighted by Gasteiger charge is 2.30. The molecule has 0 amide bonds. The number of aryl methyl sites for hydroxylation is 1. The van der Waals surface area contributed by atoms with E-state index in [1.165, 1.54) is 24.3 Å². The summed E-state index contributed by atoms with van der Waals surface area (Å²) in [4.78, 5) is 15.8. The summed E-state index contributed by atoms with van der Waals surface area (Å²) >= 11 is 0. The molecule has 6 heteroatoms. The number of hydrogen-bond donors (Lipinski definition) is 1. The monoisotopic (exact) mass is 333 g/mol. The van der Waals surface area contributed by atoms with E-state index in [2.05, 4.69) is 9.72 Å². The summed E-state index contributed by atoms with van der Waals surface area (Å²) in [6, 6.07) is 12.7. The summed E-state index contributed by atoms with van der Waals surface area (Å²) in [6.07, 6.45) is -4.38. The fourth-order valence-corrected chi connectivity index (χ4v) is 2.63. The molecule has 0 aliphatic rings. The Morgan fingerprint density at radius 1 is 1.04 bits per heavy atom. The van der Waals surface area contributed by atoms with E-state index in [1.54, 1.807) is 12.1 Å². The van der Waals surface area contributed by atoms with Crippen LogP contribution >= 0.6 is 0 Å². The molecule has 0 atom stereocenters. The van der Waals surface area contributed by atoms with Crippen LogP contribution in [0.15, 0.2) is 53.3 Å². The SMILES string of the molecule is Cc1[nH]c2ccccc2c(=O)c1Cc1ccc(OC(F)(F)F)cc1. The predicted molar refractivity (Wildman–Crippen MR) is 85.2 cm³/mol. The quantitative estimate of drug-likeness (QED) is 0.775. The number of nitrogens with one attached hydrogen (secondary N) is 1. The number of alkyl halides is 3. The normalized spacial score (nSPS) is 11.7. The van der Waals surface area contributed by atoms with Crippen LogP contribution in [0.5, 0.6) is 5.75 Å². The third-order valence-corrected chi connectivity index (χ3v) is 3.76. The highest BCUT2D eigenvalue weighted by atomic mass is 19.4. The van der Waals surface area contributed by atoms with Gasteiger partial charge in [0.15, 0.2) is 5.43 Å². The van der Waals surface area contributed by atoms with E-state index in [-0.39, 0.29) is 11.2 Å². The van der Waals surface area contributed by atoms with Crippen molar-refractivity contribution in [2.75, 3.05) is 0 Å². The molecule has 0 fully saturated rings. The van der Waals surface area contributed by atoms with Gasteiger partial charge in [0.25, 0.3) is 0 Å². The number of ether oxygens (including phenoxy) is 1. The zero-order valence-corrected chi connectivity index (χ0v) is 12.8. The summed E-state index contributed by atoms with van der Waals surface area (Å²) in [7, 11) is 0. The number of benzene rings is 2. The summed E-state index contributed by atoms with van der Waals surface area (Å²) in [5, 5.41) is 0.593. The van der Waals surface area contributed by atoms with Crippen LogP contribution in [0.1, 0.15) is 16.8 Å². The van der Waals surface area contributed by atoms with Gasteiger partial charge in [0.2, 0.25) is 0 Å². The number of para-hydroxylation sites is 1. The Kier molecular flexibility index (Phi) is 4.05. The van der Waals surface area contributed by atoms with Gasteiger partial charge in [-0.2, -0.15) is 0 Å². The Bertz CT molecular complexity index is 928. The van der Waals surface area contributed by atoms with Crippen molar-refractivity contribution in [3.63, 3.8) is 0 Å². The molecule has 0 aliphatic heterocycles. The maximum Gasteiger partial charge on any atom is 0.573 e. The Morgan fingerprint density at radius 3 is 2.38 bits per heavy atom. The van der Waals surface area contributed by atoms with Crippen molar-refractivity contribution in [3.8, 4) is 5.75 Å². The molecule has 0 radical (unpaired) electrons. The summed E-state index contributed by atoms with van der Waals surface area (Å²) < 4.78 is 40.4. The van der Waals surface area contributed by atoms with Gasteiger partial charge in [0, 0.05) is 28.6 Å². The van der Waals surface area contributed by atoms with E-state index in [9.17, 15) is 18.0 Å². The van der Waals surface area contributed by atoms with E-state index in [4.69, 9.17) is 0 Å². The lowest BCUT2D eigenvalue weighted by atomic mass is 10.0. The van der Waals surface area contributed by atoms with Crippen LogP contribution in [0.4, 0.5) is 13.2 Å². The summed E-state index contributed by atoms with van der Waals surface area (Å²) in [5.41, 5.74) is 2.76. The molecule has 1 aromatic heterocycles. The standard InChI is InChI=1S/C18H14F3NO2/c1-11-15(17(23)14-4-2-3-5-16(14)22-11)10-12-6-8-13(9-7-12)24-18(19,20)21/h2-9H,10H2,1H3,(H,22,23). The Balaban J connectivity index is 1.91. The van der Waals surface area contributed by atoms with Gasteiger partial charge in [0.05, 0.1) is 0 Å². The van der Waals surface area contributed by atoms with E-state index in [1.807, 2.05) is 19.1 Å². The molecule has 1 N–H and O–H groups in total. The molecule has 124 valence electrons. The Morgan fingerprint density at radius 2 is 1.71 bits per heavy atom. The van der Waals surface area contributed by atoms with Crippen molar-refractivity contribution in [3.05, 3.63) is 75.6 Å². The third kappa shape index (κ3) is 3.42. The summed E-state index contributed by atoms with van der Waals surface area (Å²) in [6.45, 7) is 1.81. The van der Waals surface area contributed by atoms with Crippen molar-refractivity contribution < 1.29 is 17.9 Å². The maximum atomic E-state index is 12.6. The molecule has 0 saturated carbocycles. The molecule has 3 nitrogen and oxygen atoms in total. The molecular weight excluding hydrogens is 319 g/mol. The first kappa shape index (κ1) is 16.1. The molecule has 3 aromatic rings. The molecule has 0 unspecified atom stereocenters. The second kappa shape index (κ2) is 6.03. The first-order valence-electron chi connectivity index (χ1n) is 7.29. The Labute approximate surface area is 135 Å². The number of halogens is 3. The van der Waals surface area contributed by atoms with Crippen molar-refractivity contribution in [2.24, 2.45) is 0 Å². The predicted octanol–water partition coefficient (Wildman–Crippen LogP) is 4.33. The fraction of sp³-hybridized carbons (Fsp3) is 0.167. The number of aromatic nitrogens is 1. The largest absolute Gasteiger partial charge is 0.573 e. The lowest BCUT2D eigenvalue weighted by Crippen LogP contribution is -2.17. The molecule has 24 heavy (non-hydrogen) atoms. The van der Waals surface area contributed by atoms with Crippen molar-refractivity contribution >= 4 is 10.9 Å². The maximum absolute atomic E-state index is 12.6. The molecule has 3 rings (SSSR count). The lowest BCUT2D eigenvalue weighted by molar-refractivity contribution is -0.274. The number of hydrogen-bond acceptors (Lipinski definition) is 2. The average molecular weight is 333 g/mol. The zero-order chi connectivity index (χ0) is 17.3. The van der Waals surface area contributed by atoms with Crippen molar-refractivity contribution in [1.29, 1.82) is 0 Å². The first-order valence-corrected chi connectivity index (χ1v) is 7.29. The number of pyridine rings is 1. The molecular formula is C18H14F3NO2. The minimum Gasteiger partial charge on any atom is -0.406 e. The van der Waals surface area contributed by atoms with Crippen molar-refractivity contribution in [2.45, 2.75) is 19.7 Å². The fourth-order valence-electron chi connectivity index (χ4n) is 2.63. The van der Waals surface area contributed by atoms with Gasteiger partial charge in [-0.3, -0.25) is 4.79 Å². The number of H-pyrrole nitrogens is 1. The molecule has 0 aliphatic carbocycles. The van der Waals surface area contributed by atoms with Gasteiger partial charge < -0.3 is 9.72 Å². The number of aromatic amines is 1.